The topological polar surface area (TPSA) is 58.2 Å². The molecule has 0 radical (unpaired) electrons. The van der Waals surface area contributed by atoms with Gasteiger partial charge < -0.3 is 5.32 Å². The maximum Gasteiger partial charge on any atom is 0.241 e. The first-order valence-corrected chi connectivity index (χ1v) is 11.0. The van der Waals surface area contributed by atoms with Crippen molar-refractivity contribution in [1.29, 1.82) is 0 Å². The molecule has 1 heterocycles. The summed E-state index contributed by atoms with van der Waals surface area (Å²) in [5.41, 5.74) is 0. The lowest BCUT2D eigenvalue weighted by Crippen LogP contribution is -2.43. The van der Waals surface area contributed by atoms with Crippen LogP contribution in [0.1, 0.15) is 37.5 Å². The van der Waals surface area contributed by atoms with E-state index >= 15 is 0 Å². The Hall–Kier alpha value is -0.0800. The van der Waals surface area contributed by atoms with Gasteiger partial charge in [-0.3, -0.25) is 0 Å². The Bertz CT molecular complexity index is 542. The largest absolute Gasteiger partial charge is 0.312 e. The molecule has 2 unspecified atom stereocenters. The summed E-state index contributed by atoms with van der Waals surface area (Å²) in [6.45, 7) is 3.65. The van der Waals surface area contributed by atoms with Crippen molar-refractivity contribution in [3.05, 3.63) is 16.3 Å². The molecular formula is C14H24N2O2S3. The number of nitrogens with one attached hydrogen (secondary N) is 2. The average Bonchev–Trinajstić information content (AvgIpc) is 2.95. The lowest BCUT2D eigenvalue weighted by Gasteiger charge is -2.30. The maximum atomic E-state index is 12.5. The maximum absolute atomic E-state index is 12.5. The summed E-state index contributed by atoms with van der Waals surface area (Å²) in [4.78, 5) is 1.47. The van der Waals surface area contributed by atoms with Crippen molar-refractivity contribution in [3.8, 4) is 0 Å². The Morgan fingerprint density at radius 3 is 2.86 bits per heavy atom. The summed E-state index contributed by atoms with van der Waals surface area (Å²) in [6, 6.07) is 1.85. The molecule has 1 aliphatic carbocycles. The number of thiophene rings is 1. The van der Waals surface area contributed by atoms with Gasteiger partial charge in [-0.05, 0) is 31.7 Å². The third-order valence-corrected chi connectivity index (χ3v) is 7.53. The van der Waals surface area contributed by atoms with Gasteiger partial charge in [-0.2, -0.15) is 11.8 Å². The van der Waals surface area contributed by atoms with Crippen molar-refractivity contribution < 1.29 is 8.42 Å². The number of sulfonamides is 1. The van der Waals surface area contributed by atoms with Crippen LogP contribution < -0.4 is 10.0 Å². The zero-order valence-electron chi connectivity index (χ0n) is 12.6. The second-order valence-electron chi connectivity index (χ2n) is 5.32. The quantitative estimate of drug-likeness (QED) is 0.795. The van der Waals surface area contributed by atoms with Crippen LogP contribution in [0.15, 0.2) is 16.3 Å². The molecule has 7 heteroatoms. The summed E-state index contributed by atoms with van der Waals surface area (Å²) in [5, 5.41) is 5.36. The molecule has 0 spiro atoms. The molecule has 1 aromatic rings. The van der Waals surface area contributed by atoms with Gasteiger partial charge in [0.1, 0.15) is 0 Å². The standard InChI is InChI=1S/C14H24N2O2S3/c1-3-15-9-11-8-12(10-20-11)21(17,18)16-13-6-4-5-7-14(13)19-2/h8,10,13-16H,3-7,9H2,1-2H3. The molecule has 0 aliphatic heterocycles. The Morgan fingerprint density at radius 1 is 1.38 bits per heavy atom. The molecule has 1 saturated carbocycles. The molecule has 2 N–H and O–H groups in total. The van der Waals surface area contributed by atoms with Crippen LogP contribution in [0.5, 0.6) is 0 Å². The van der Waals surface area contributed by atoms with Crippen LogP contribution in [0.4, 0.5) is 0 Å². The van der Waals surface area contributed by atoms with Gasteiger partial charge in [0.05, 0.1) is 4.90 Å². The number of rotatable bonds is 7. The third kappa shape index (κ3) is 4.69. The summed E-state index contributed by atoms with van der Waals surface area (Å²) in [7, 11) is -3.39. The average molecular weight is 349 g/mol. The second kappa shape index (κ2) is 7.97. The van der Waals surface area contributed by atoms with Crippen LogP contribution in [0.25, 0.3) is 0 Å². The number of thioether (sulfide) groups is 1. The molecule has 2 atom stereocenters. The molecule has 0 amide bonds. The van der Waals surface area contributed by atoms with Gasteiger partial charge in [-0.1, -0.05) is 19.8 Å². The lowest BCUT2D eigenvalue weighted by atomic mass is 9.96. The van der Waals surface area contributed by atoms with Crippen LogP contribution in [-0.2, 0) is 16.6 Å². The normalized spacial score (nSPS) is 23.3. The van der Waals surface area contributed by atoms with Crippen LogP contribution >= 0.6 is 23.1 Å². The van der Waals surface area contributed by atoms with E-state index < -0.39 is 10.0 Å². The Balaban J connectivity index is 2.05. The van der Waals surface area contributed by atoms with Crippen LogP contribution in [0, 0.1) is 0 Å². The third-order valence-electron chi connectivity index (χ3n) is 3.80. The van der Waals surface area contributed by atoms with E-state index in [4.69, 9.17) is 0 Å². The van der Waals surface area contributed by atoms with E-state index in [1.54, 1.807) is 23.2 Å². The first kappa shape index (κ1) is 17.3. The summed E-state index contributed by atoms with van der Waals surface area (Å²) in [5.74, 6) is 0. The van der Waals surface area contributed by atoms with E-state index in [-0.39, 0.29) is 6.04 Å². The van der Waals surface area contributed by atoms with Gasteiger partial charge >= 0.3 is 0 Å². The second-order valence-corrected chi connectivity index (χ2v) is 9.10. The van der Waals surface area contributed by atoms with Gasteiger partial charge in [0.25, 0.3) is 0 Å². The zero-order chi connectivity index (χ0) is 15.3. The monoisotopic (exact) mass is 348 g/mol. The highest BCUT2D eigenvalue weighted by Gasteiger charge is 2.29. The van der Waals surface area contributed by atoms with Crippen molar-refractivity contribution in [3.63, 3.8) is 0 Å². The first-order valence-electron chi connectivity index (χ1n) is 7.40. The summed E-state index contributed by atoms with van der Waals surface area (Å²) in [6.07, 6.45) is 6.42. The van der Waals surface area contributed by atoms with Gasteiger partial charge in [0.2, 0.25) is 10.0 Å². The molecule has 0 bridgehead atoms. The van der Waals surface area contributed by atoms with Crippen molar-refractivity contribution in [2.75, 3.05) is 12.8 Å². The fourth-order valence-electron chi connectivity index (χ4n) is 2.62. The number of hydrogen-bond acceptors (Lipinski definition) is 5. The number of hydrogen-bond donors (Lipinski definition) is 2. The molecule has 1 fully saturated rings. The van der Waals surface area contributed by atoms with Crippen molar-refractivity contribution in [2.24, 2.45) is 0 Å². The first-order chi connectivity index (χ1) is 10.1. The molecule has 0 saturated heterocycles. The fourth-order valence-corrected chi connectivity index (χ4v) is 6.20. The minimum atomic E-state index is -3.39. The fraction of sp³-hybridized carbons (Fsp3) is 0.714. The minimum Gasteiger partial charge on any atom is -0.312 e. The lowest BCUT2D eigenvalue weighted by molar-refractivity contribution is 0.423. The predicted molar refractivity (Wildman–Crippen MR) is 91.6 cm³/mol. The van der Waals surface area contributed by atoms with E-state index in [1.807, 2.05) is 6.92 Å². The Labute approximate surface area is 136 Å². The van der Waals surface area contributed by atoms with Crippen LogP contribution in [0.2, 0.25) is 0 Å². The molecule has 1 aliphatic rings. The predicted octanol–water partition coefficient (Wildman–Crippen LogP) is 2.81. The van der Waals surface area contributed by atoms with E-state index in [1.165, 1.54) is 17.8 Å². The highest BCUT2D eigenvalue weighted by atomic mass is 32.2. The molecular weight excluding hydrogens is 324 g/mol. The molecule has 120 valence electrons. The highest BCUT2D eigenvalue weighted by molar-refractivity contribution is 7.99. The SMILES string of the molecule is CCNCc1cc(S(=O)(=O)NC2CCCCC2SC)cs1. The molecule has 2 rings (SSSR count). The minimum absolute atomic E-state index is 0.0656. The zero-order valence-corrected chi connectivity index (χ0v) is 15.0. The van der Waals surface area contributed by atoms with E-state index in [0.29, 0.717) is 10.1 Å². The van der Waals surface area contributed by atoms with Crippen LogP contribution in [0.3, 0.4) is 0 Å². The van der Waals surface area contributed by atoms with Gasteiger partial charge in [-0.25, -0.2) is 13.1 Å². The molecule has 1 aromatic heterocycles. The van der Waals surface area contributed by atoms with E-state index in [0.717, 1.165) is 37.2 Å². The van der Waals surface area contributed by atoms with E-state index in [2.05, 4.69) is 16.3 Å². The summed E-state index contributed by atoms with van der Waals surface area (Å²) < 4.78 is 27.9. The van der Waals surface area contributed by atoms with Gasteiger partial charge in [0, 0.05) is 28.1 Å². The summed E-state index contributed by atoms with van der Waals surface area (Å²) >= 11 is 3.27. The van der Waals surface area contributed by atoms with Crippen molar-refractivity contribution in [1.82, 2.24) is 10.0 Å². The highest BCUT2D eigenvalue weighted by Crippen LogP contribution is 2.29. The smallest absolute Gasteiger partial charge is 0.241 e. The molecule has 0 aromatic carbocycles. The van der Waals surface area contributed by atoms with Crippen molar-refractivity contribution in [2.45, 2.75) is 55.3 Å². The van der Waals surface area contributed by atoms with Crippen LogP contribution in [-0.4, -0.2) is 32.5 Å². The van der Waals surface area contributed by atoms with Crippen molar-refractivity contribution >= 4 is 33.1 Å². The Kier molecular flexibility index (Phi) is 6.55. The van der Waals surface area contributed by atoms with Gasteiger partial charge in [-0.15, -0.1) is 11.3 Å². The molecule has 21 heavy (non-hydrogen) atoms. The molecule has 4 nitrogen and oxygen atoms in total. The van der Waals surface area contributed by atoms with E-state index in [9.17, 15) is 8.42 Å². The van der Waals surface area contributed by atoms with Gasteiger partial charge in [0.15, 0.2) is 0 Å². The Morgan fingerprint density at radius 2 is 2.14 bits per heavy atom.